The van der Waals surface area contributed by atoms with Crippen LogP contribution in [0.4, 0.5) is 0 Å². The molecule has 0 saturated carbocycles. The molecule has 0 aliphatic carbocycles. The highest BCUT2D eigenvalue weighted by atomic mass is 16.6. The Kier molecular flexibility index (Phi) is 4.77. The zero-order chi connectivity index (χ0) is 9.10. The highest BCUT2D eigenvalue weighted by Gasteiger charge is 2.24. The van der Waals surface area contributed by atoms with E-state index in [1.165, 1.54) is 0 Å². The highest BCUT2D eigenvalue weighted by molar-refractivity contribution is 4.69. The molecule has 2 N–H and O–H groups in total. The maximum absolute atomic E-state index is 5.48. The second-order valence-corrected chi connectivity index (χ2v) is 3.59. The predicted octanol–water partition coefficient (Wildman–Crippen LogP) is -0.619. The molecule has 0 bridgehead atoms. The summed E-state index contributed by atoms with van der Waals surface area (Å²) in [7, 11) is 0. The molecule has 2 aliphatic heterocycles. The lowest BCUT2D eigenvalue weighted by Crippen LogP contribution is -2.19. The van der Waals surface area contributed by atoms with Gasteiger partial charge in [0, 0.05) is 0 Å². The lowest BCUT2D eigenvalue weighted by Gasteiger charge is -2.11. The molecule has 0 radical (unpaired) electrons. The highest BCUT2D eigenvalue weighted by Crippen LogP contribution is 2.11. The SMILES string of the molecule is CC(COCC1CO1)OCC1CO1.O. The molecule has 2 saturated heterocycles. The van der Waals surface area contributed by atoms with Gasteiger partial charge in [0.25, 0.3) is 0 Å². The van der Waals surface area contributed by atoms with Gasteiger partial charge in [-0.2, -0.15) is 0 Å². The molecule has 2 heterocycles. The van der Waals surface area contributed by atoms with Crippen LogP contribution >= 0.6 is 0 Å². The lowest BCUT2D eigenvalue weighted by atomic mass is 10.4. The summed E-state index contributed by atoms with van der Waals surface area (Å²) in [6.45, 7) is 5.76. The minimum Gasteiger partial charge on any atom is -0.412 e. The Morgan fingerprint density at radius 1 is 1.21 bits per heavy atom. The van der Waals surface area contributed by atoms with Crippen LogP contribution in [0.15, 0.2) is 0 Å². The topological polar surface area (TPSA) is 75.0 Å². The first-order valence-electron chi connectivity index (χ1n) is 4.77. The van der Waals surface area contributed by atoms with E-state index in [0.717, 1.165) is 13.2 Å². The van der Waals surface area contributed by atoms with E-state index >= 15 is 0 Å². The fourth-order valence-corrected chi connectivity index (χ4v) is 1.01. The molecule has 0 spiro atoms. The summed E-state index contributed by atoms with van der Waals surface area (Å²) in [5.41, 5.74) is 0. The van der Waals surface area contributed by atoms with Gasteiger partial charge in [0.2, 0.25) is 0 Å². The van der Waals surface area contributed by atoms with Crippen molar-refractivity contribution in [2.45, 2.75) is 25.2 Å². The Labute approximate surface area is 83.6 Å². The zero-order valence-electron chi connectivity index (χ0n) is 8.40. The van der Waals surface area contributed by atoms with Crippen molar-refractivity contribution in [2.24, 2.45) is 0 Å². The molecule has 2 aliphatic rings. The first kappa shape index (κ1) is 11.9. The van der Waals surface area contributed by atoms with Crippen molar-refractivity contribution >= 4 is 0 Å². The van der Waals surface area contributed by atoms with Crippen molar-refractivity contribution in [2.75, 3.05) is 33.0 Å². The van der Waals surface area contributed by atoms with E-state index in [1.807, 2.05) is 6.92 Å². The van der Waals surface area contributed by atoms with Crippen molar-refractivity contribution in [1.29, 1.82) is 0 Å². The van der Waals surface area contributed by atoms with E-state index in [4.69, 9.17) is 18.9 Å². The Morgan fingerprint density at radius 2 is 1.79 bits per heavy atom. The molecule has 14 heavy (non-hydrogen) atoms. The maximum Gasteiger partial charge on any atom is 0.104 e. The smallest absolute Gasteiger partial charge is 0.104 e. The van der Waals surface area contributed by atoms with Gasteiger partial charge in [-0.3, -0.25) is 0 Å². The summed E-state index contributed by atoms with van der Waals surface area (Å²) in [5, 5.41) is 0. The van der Waals surface area contributed by atoms with Gasteiger partial charge >= 0.3 is 0 Å². The molecule has 5 nitrogen and oxygen atoms in total. The maximum atomic E-state index is 5.48. The Hall–Kier alpha value is -0.200. The number of epoxide rings is 2. The zero-order valence-corrected chi connectivity index (χ0v) is 8.40. The van der Waals surface area contributed by atoms with Gasteiger partial charge in [-0.05, 0) is 6.92 Å². The van der Waals surface area contributed by atoms with Crippen LogP contribution in [0.2, 0.25) is 0 Å². The van der Waals surface area contributed by atoms with Crippen LogP contribution in [0.3, 0.4) is 0 Å². The molecule has 0 aromatic carbocycles. The van der Waals surface area contributed by atoms with E-state index in [9.17, 15) is 0 Å². The predicted molar refractivity (Wildman–Crippen MR) is 49.3 cm³/mol. The van der Waals surface area contributed by atoms with Gasteiger partial charge in [-0.25, -0.2) is 0 Å². The quantitative estimate of drug-likeness (QED) is 0.520. The average Bonchev–Trinajstić information content (AvgIpc) is 2.97. The summed E-state index contributed by atoms with van der Waals surface area (Å²) >= 11 is 0. The van der Waals surface area contributed by atoms with Gasteiger partial charge in [0.05, 0.1) is 39.1 Å². The Bertz CT molecular complexity index is 155. The molecule has 3 atom stereocenters. The first-order chi connectivity index (χ1) is 6.34. The molecule has 84 valence electrons. The third-order valence-corrected chi connectivity index (χ3v) is 2.03. The van der Waals surface area contributed by atoms with Gasteiger partial charge in [0.1, 0.15) is 12.2 Å². The van der Waals surface area contributed by atoms with E-state index < -0.39 is 0 Å². The van der Waals surface area contributed by atoms with Crippen molar-refractivity contribution in [3.63, 3.8) is 0 Å². The molecule has 2 fully saturated rings. The lowest BCUT2D eigenvalue weighted by molar-refractivity contribution is -0.0146. The summed E-state index contributed by atoms with van der Waals surface area (Å²) in [6.07, 6.45) is 0.844. The van der Waals surface area contributed by atoms with Crippen LogP contribution in [-0.4, -0.2) is 56.8 Å². The fourth-order valence-electron chi connectivity index (χ4n) is 1.01. The van der Waals surface area contributed by atoms with E-state index in [-0.39, 0.29) is 11.6 Å². The normalized spacial score (nSPS) is 30.6. The van der Waals surface area contributed by atoms with Crippen LogP contribution in [-0.2, 0) is 18.9 Å². The summed E-state index contributed by atoms with van der Waals surface area (Å²) < 4.78 is 20.9. The number of hydrogen-bond acceptors (Lipinski definition) is 4. The Morgan fingerprint density at radius 3 is 2.36 bits per heavy atom. The van der Waals surface area contributed by atoms with Crippen LogP contribution in [0.5, 0.6) is 0 Å². The summed E-state index contributed by atoms with van der Waals surface area (Å²) in [4.78, 5) is 0. The molecule has 0 aromatic rings. The first-order valence-corrected chi connectivity index (χ1v) is 4.77. The van der Waals surface area contributed by atoms with Crippen molar-refractivity contribution in [1.82, 2.24) is 0 Å². The fraction of sp³-hybridized carbons (Fsp3) is 1.00. The molecule has 2 rings (SSSR count). The van der Waals surface area contributed by atoms with Crippen molar-refractivity contribution < 1.29 is 24.4 Å². The van der Waals surface area contributed by atoms with E-state index in [0.29, 0.717) is 32.0 Å². The van der Waals surface area contributed by atoms with Crippen LogP contribution < -0.4 is 0 Å². The van der Waals surface area contributed by atoms with E-state index in [1.54, 1.807) is 0 Å². The van der Waals surface area contributed by atoms with Crippen molar-refractivity contribution in [3.05, 3.63) is 0 Å². The average molecular weight is 206 g/mol. The van der Waals surface area contributed by atoms with Gasteiger partial charge in [-0.15, -0.1) is 0 Å². The largest absolute Gasteiger partial charge is 0.412 e. The molecule has 0 aromatic heterocycles. The second kappa shape index (κ2) is 5.63. The van der Waals surface area contributed by atoms with Crippen LogP contribution in [0, 0.1) is 0 Å². The Balaban J connectivity index is 0.000000980. The minimum atomic E-state index is 0. The van der Waals surface area contributed by atoms with Gasteiger partial charge < -0.3 is 24.4 Å². The number of hydrogen-bond donors (Lipinski definition) is 0. The van der Waals surface area contributed by atoms with Gasteiger partial charge in [0.15, 0.2) is 0 Å². The third kappa shape index (κ3) is 4.88. The summed E-state index contributed by atoms with van der Waals surface area (Å²) in [6, 6.07) is 0. The van der Waals surface area contributed by atoms with Crippen LogP contribution in [0.1, 0.15) is 6.92 Å². The van der Waals surface area contributed by atoms with Crippen LogP contribution in [0.25, 0.3) is 0 Å². The molecule has 5 heteroatoms. The molecule has 3 unspecified atom stereocenters. The number of ether oxygens (including phenoxy) is 4. The molecule has 0 amide bonds. The standard InChI is InChI=1S/C9H16O4.H2O/c1-7(11-4-9-6-13-9)2-10-3-8-5-12-8;/h7-9H,2-6H2,1H3;1H2. The number of rotatable bonds is 7. The monoisotopic (exact) mass is 206 g/mol. The summed E-state index contributed by atoms with van der Waals surface area (Å²) in [5.74, 6) is 0. The van der Waals surface area contributed by atoms with E-state index in [2.05, 4.69) is 0 Å². The van der Waals surface area contributed by atoms with Gasteiger partial charge in [-0.1, -0.05) is 0 Å². The third-order valence-electron chi connectivity index (χ3n) is 2.03. The second-order valence-electron chi connectivity index (χ2n) is 3.59. The molecular formula is C9H18O5. The molecular weight excluding hydrogens is 188 g/mol. The van der Waals surface area contributed by atoms with Crippen molar-refractivity contribution in [3.8, 4) is 0 Å². The minimum absolute atomic E-state index is 0.